The number of hydrogen-bond acceptors (Lipinski definition) is 2. The highest BCUT2D eigenvalue weighted by Gasteiger charge is 2.11. The van der Waals surface area contributed by atoms with Gasteiger partial charge < -0.3 is 9.73 Å². The Bertz CT molecular complexity index is 811. The Morgan fingerprint density at radius 3 is 2.71 bits per heavy atom. The van der Waals surface area contributed by atoms with Crippen LogP contribution in [-0.2, 0) is 11.2 Å². The lowest BCUT2D eigenvalue weighted by molar-refractivity contribution is -0.115. The van der Waals surface area contributed by atoms with Crippen LogP contribution in [0.25, 0.3) is 11.0 Å². The summed E-state index contributed by atoms with van der Waals surface area (Å²) in [6, 6.07) is 10.6. The van der Waals surface area contributed by atoms with E-state index in [2.05, 4.69) is 5.32 Å². The van der Waals surface area contributed by atoms with E-state index in [4.69, 9.17) is 4.42 Å². The maximum Gasteiger partial charge on any atom is 0.228 e. The van der Waals surface area contributed by atoms with E-state index in [-0.39, 0.29) is 18.0 Å². The van der Waals surface area contributed by atoms with Crippen LogP contribution in [0.1, 0.15) is 5.56 Å². The van der Waals surface area contributed by atoms with Crippen LogP contribution in [0.4, 0.5) is 14.5 Å². The SMILES string of the molecule is O=C(Cc1coc2ccccc12)Nc1ccc(F)c(F)c1. The molecule has 0 spiro atoms. The Balaban J connectivity index is 1.75. The van der Waals surface area contributed by atoms with E-state index < -0.39 is 11.6 Å². The molecule has 1 heterocycles. The monoisotopic (exact) mass is 287 g/mol. The second kappa shape index (κ2) is 5.36. The summed E-state index contributed by atoms with van der Waals surface area (Å²) in [5.74, 6) is -2.28. The number of benzene rings is 2. The third-order valence-electron chi connectivity index (χ3n) is 3.12. The molecule has 3 aromatic rings. The van der Waals surface area contributed by atoms with Crippen molar-refractivity contribution in [2.24, 2.45) is 0 Å². The Morgan fingerprint density at radius 1 is 1.10 bits per heavy atom. The number of carbonyl (C=O) groups is 1. The summed E-state index contributed by atoms with van der Waals surface area (Å²) in [6.45, 7) is 0. The molecule has 0 aliphatic heterocycles. The summed E-state index contributed by atoms with van der Waals surface area (Å²) in [6.07, 6.45) is 1.62. The highest BCUT2D eigenvalue weighted by molar-refractivity contribution is 5.95. The first kappa shape index (κ1) is 13.3. The van der Waals surface area contributed by atoms with Crippen LogP contribution in [0.5, 0.6) is 0 Å². The van der Waals surface area contributed by atoms with Crippen LogP contribution < -0.4 is 5.32 Å². The topological polar surface area (TPSA) is 42.2 Å². The minimum absolute atomic E-state index is 0.0933. The van der Waals surface area contributed by atoms with Gasteiger partial charge in [0.1, 0.15) is 5.58 Å². The van der Waals surface area contributed by atoms with Gasteiger partial charge in [-0.1, -0.05) is 18.2 Å². The molecule has 0 radical (unpaired) electrons. The molecule has 0 fully saturated rings. The first-order chi connectivity index (χ1) is 10.1. The fourth-order valence-electron chi connectivity index (χ4n) is 2.12. The molecule has 3 nitrogen and oxygen atoms in total. The molecule has 5 heteroatoms. The molecule has 106 valence electrons. The number of amides is 1. The first-order valence-electron chi connectivity index (χ1n) is 6.33. The number of furan rings is 1. The lowest BCUT2D eigenvalue weighted by Crippen LogP contribution is -2.14. The van der Waals surface area contributed by atoms with Crippen LogP contribution in [-0.4, -0.2) is 5.91 Å². The van der Waals surface area contributed by atoms with Gasteiger partial charge in [0.25, 0.3) is 0 Å². The standard InChI is InChI=1S/C16H11F2NO2/c17-13-6-5-11(8-14(13)18)19-16(20)7-10-9-21-15-4-2-1-3-12(10)15/h1-6,8-9H,7H2,(H,19,20). The quantitative estimate of drug-likeness (QED) is 0.794. The molecule has 0 aliphatic rings. The Hall–Kier alpha value is -2.69. The molecule has 0 aliphatic carbocycles. The first-order valence-corrected chi connectivity index (χ1v) is 6.33. The Labute approximate surface area is 119 Å². The molecule has 2 aromatic carbocycles. The number of para-hydroxylation sites is 1. The fraction of sp³-hybridized carbons (Fsp3) is 0.0625. The summed E-state index contributed by atoms with van der Waals surface area (Å²) in [5, 5.41) is 3.38. The molecule has 1 amide bonds. The van der Waals surface area contributed by atoms with Gasteiger partial charge in [0.2, 0.25) is 5.91 Å². The minimum atomic E-state index is -0.999. The van der Waals surface area contributed by atoms with Gasteiger partial charge in [-0.2, -0.15) is 0 Å². The van der Waals surface area contributed by atoms with E-state index in [0.717, 1.165) is 23.1 Å². The van der Waals surface area contributed by atoms with Crippen molar-refractivity contribution in [2.45, 2.75) is 6.42 Å². The van der Waals surface area contributed by atoms with E-state index >= 15 is 0 Å². The van der Waals surface area contributed by atoms with E-state index in [1.54, 1.807) is 0 Å². The minimum Gasteiger partial charge on any atom is -0.464 e. The van der Waals surface area contributed by atoms with Gasteiger partial charge in [-0.3, -0.25) is 4.79 Å². The largest absolute Gasteiger partial charge is 0.464 e. The second-order valence-corrected chi connectivity index (χ2v) is 4.61. The van der Waals surface area contributed by atoms with Gasteiger partial charge in [0, 0.05) is 22.7 Å². The molecule has 0 bridgehead atoms. The van der Waals surface area contributed by atoms with Crippen molar-refractivity contribution in [1.29, 1.82) is 0 Å². The molecule has 0 unspecified atom stereocenters. The van der Waals surface area contributed by atoms with Gasteiger partial charge in [0.15, 0.2) is 11.6 Å². The normalized spacial score (nSPS) is 10.8. The van der Waals surface area contributed by atoms with Gasteiger partial charge >= 0.3 is 0 Å². The maximum atomic E-state index is 13.1. The Morgan fingerprint density at radius 2 is 1.90 bits per heavy atom. The molecule has 0 atom stereocenters. The van der Waals surface area contributed by atoms with Crippen LogP contribution in [0, 0.1) is 11.6 Å². The number of hydrogen-bond donors (Lipinski definition) is 1. The van der Waals surface area contributed by atoms with E-state index in [1.807, 2.05) is 24.3 Å². The van der Waals surface area contributed by atoms with Gasteiger partial charge in [-0.25, -0.2) is 8.78 Å². The van der Waals surface area contributed by atoms with E-state index in [0.29, 0.717) is 5.58 Å². The van der Waals surface area contributed by atoms with Crippen molar-refractivity contribution in [3.63, 3.8) is 0 Å². The molecule has 3 rings (SSSR count). The number of nitrogens with one attached hydrogen (secondary N) is 1. The smallest absolute Gasteiger partial charge is 0.228 e. The second-order valence-electron chi connectivity index (χ2n) is 4.61. The van der Waals surface area contributed by atoms with Crippen LogP contribution in [0.2, 0.25) is 0 Å². The molecule has 21 heavy (non-hydrogen) atoms. The fourth-order valence-corrected chi connectivity index (χ4v) is 2.12. The zero-order chi connectivity index (χ0) is 14.8. The maximum absolute atomic E-state index is 13.1. The zero-order valence-electron chi connectivity index (χ0n) is 10.9. The predicted octanol–water partition coefficient (Wildman–Crippen LogP) is 3.89. The third-order valence-corrected chi connectivity index (χ3v) is 3.12. The van der Waals surface area contributed by atoms with Crippen LogP contribution >= 0.6 is 0 Å². The number of carbonyl (C=O) groups excluding carboxylic acids is 1. The summed E-state index contributed by atoms with van der Waals surface area (Å²) in [5.41, 5.74) is 1.66. The zero-order valence-corrected chi connectivity index (χ0v) is 10.9. The average molecular weight is 287 g/mol. The average Bonchev–Trinajstić information content (AvgIpc) is 2.86. The van der Waals surface area contributed by atoms with Crippen LogP contribution in [0.15, 0.2) is 53.1 Å². The number of halogens is 2. The van der Waals surface area contributed by atoms with Gasteiger partial charge in [0.05, 0.1) is 12.7 Å². The van der Waals surface area contributed by atoms with Crippen molar-refractivity contribution in [3.05, 3.63) is 65.9 Å². The number of rotatable bonds is 3. The summed E-state index contributed by atoms with van der Waals surface area (Å²) >= 11 is 0. The molecular weight excluding hydrogens is 276 g/mol. The lowest BCUT2D eigenvalue weighted by Gasteiger charge is -2.05. The van der Waals surface area contributed by atoms with Crippen molar-refractivity contribution < 1.29 is 18.0 Å². The Kier molecular flexibility index (Phi) is 3.39. The van der Waals surface area contributed by atoms with Crippen molar-refractivity contribution in [3.8, 4) is 0 Å². The van der Waals surface area contributed by atoms with E-state index in [9.17, 15) is 13.6 Å². The van der Waals surface area contributed by atoms with Gasteiger partial charge in [-0.05, 0) is 18.2 Å². The molecular formula is C16H11F2NO2. The molecule has 0 saturated carbocycles. The highest BCUT2D eigenvalue weighted by atomic mass is 19.2. The number of fused-ring (bicyclic) bond motifs is 1. The van der Waals surface area contributed by atoms with Gasteiger partial charge in [-0.15, -0.1) is 0 Å². The molecule has 0 saturated heterocycles. The highest BCUT2D eigenvalue weighted by Crippen LogP contribution is 2.21. The third kappa shape index (κ3) is 2.76. The summed E-state index contributed by atoms with van der Waals surface area (Å²) < 4.78 is 31.2. The summed E-state index contributed by atoms with van der Waals surface area (Å²) in [4.78, 5) is 12.0. The van der Waals surface area contributed by atoms with Crippen LogP contribution in [0.3, 0.4) is 0 Å². The number of anilines is 1. The molecule has 1 N–H and O–H groups in total. The predicted molar refractivity (Wildman–Crippen MR) is 74.9 cm³/mol. The van der Waals surface area contributed by atoms with Crippen molar-refractivity contribution >= 4 is 22.6 Å². The van der Waals surface area contributed by atoms with E-state index in [1.165, 1.54) is 12.3 Å². The summed E-state index contributed by atoms with van der Waals surface area (Å²) in [7, 11) is 0. The lowest BCUT2D eigenvalue weighted by atomic mass is 10.1. The molecule has 1 aromatic heterocycles. The van der Waals surface area contributed by atoms with Crippen molar-refractivity contribution in [1.82, 2.24) is 0 Å². The van der Waals surface area contributed by atoms with Crippen molar-refractivity contribution in [2.75, 3.05) is 5.32 Å².